The van der Waals surface area contributed by atoms with Gasteiger partial charge in [0, 0.05) is 23.8 Å². The minimum Gasteiger partial charge on any atom is -0.338 e. The number of nitrogens with zero attached hydrogens (tertiary/aromatic N) is 1. The van der Waals surface area contributed by atoms with E-state index in [9.17, 15) is 4.79 Å². The van der Waals surface area contributed by atoms with Crippen molar-refractivity contribution in [3.63, 3.8) is 0 Å². The summed E-state index contributed by atoms with van der Waals surface area (Å²) in [5, 5.41) is 4.80. The van der Waals surface area contributed by atoms with Crippen LogP contribution in [-0.4, -0.2) is 36.5 Å². The van der Waals surface area contributed by atoms with Crippen LogP contribution in [0.3, 0.4) is 0 Å². The summed E-state index contributed by atoms with van der Waals surface area (Å²) >= 11 is 1.62. The van der Waals surface area contributed by atoms with Crippen molar-refractivity contribution in [2.45, 2.75) is 31.7 Å². The molecule has 4 rings (SSSR count). The molecule has 0 bridgehead atoms. The molecule has 116 valence electrons. The fourth-order valence-corrected chi connectivity index (χ4v) is 4.89. The number of hydrogen-bond acceptors (Lipinski definition) is 3. The number of hydrogen-bond donors (Lipinski definition) is 1. The number of carbonyl (C=O) groups excluding carboxylic acids is 1. The van der Waals surface area contributed by atoms with Crippen LogP contribution in [0.4, 0.5) is 0 Å². The van der Waals surface area contributed by atoms with Crippen LogP contribution in [0.1, 0.15) is 35.4 Å². The summed E-state index contributed by atoms with van der Waals surface area (Å²) < 4.78 is 1.20. The van der Waals surface area contributed by atoms with E-state index >= 15 is 0 Å². The predicted octanol–water partition coefficient (Wildman–Crippen LogP) is 3.51. The Kier molecular flexibility index (Phi) is 3.89. The first-order chi connectivity index (χ1) is 10.8. The summed E-state index contributed by atoms with van der Waals surface area (Å²) in [5.74, 6) is 0.980. The van der Waals surface area contributed by atoms with E-state index < -0.39 is 0 Å². The smallest absolute Gasteiger partial charge is 0.263 e. The number of nitrogens with one attached hydrogen (secondary N) is 1. The van der Waals surface area contributed by atoms with Crippen molar-refractivity contribution in [2.75, 3.05) is 19.6 Å². The average molecular weight is 314 g/mol. The SMILES string of the molecule is O=C(c1cc2ccccc2s1)N1CCC(C2CCCN2)CC1. The van der Waals surface area contributed by atoms with Crippen LogP contribution in [0.2, 0.25) is 0 Å². The van der Waals surface area contributed by atoms with E-state index in [1.54, 1.807) is 11.3 Å². The highest BCUT2D eigenvalue weighted by atomic mass is 32.1. The zero-order chi connectivity index (χ0) is 14.9. The highest BCUT2D eigenvalue weighted by Gasteiger charge is 2.30. The lowest BCUT2D eigenvalue weighted by molar-refractivity contribution is 0.0679. The van der Waals surface area contributed by atoms with E-state index in [0.29, 0.717) is 6.04 Å². The first kappa shape index (κ1) is 14.2. The normalized spacial score (nSPS) is 23.3. The van der Waals surface area contributed by atoms with Gasteiger partial charge in [0.15, 0.2) is 0 Å². The van der Waals surface area contributed by atoms with Gasteiger partial charge in [-0.1, -0.05) is 18.2 Å². The highest BCUT2D eigenvalue weighted by molar-refractivity contribution is 7.20. The second-order valence-electron chi connectivity index (χ2n) is 6.48. The maximum absolute atomic E-state index is 12.7. The molecule has 22 heavy (non-hydrogen) atoms. The van der Waals surface area contributed by atoms with Crippen molar-refractivity contribution in [3.8, 4) is 0 Å². The monoisotopic (exact) mass is 314 g/mol. The third-order valence-corrected chi connectivity index (χ3v) is 6.23. The minimum absolute atomic E-state index is 0.221. The molecule has 1 aromatic carbocycles. The lowest BCUT2D eigenvalue weighted by atomic mass is 9.88. The van der Waals surface area contributed by atoms with Crippen LogP contribution in [0.5, 0.6) is 0 Å². The first-order valence-corrected chi connectivity index (χ1v) is 9.14. The van der Waals surface area contributed by atoms with Gasteiger partial charge in [-0.15, -0.1) is 11.3 Å². The van der Waals surface area contributed by atoms with Crippen molar-refractivity contribution in [1.82, 2.24) is 10.2 Å². The van der Waals surface area contributed by atoms with Crippen LogP contribution in [-0.2, 0) is 0 Å². The Hall–Kier alpha value is -1.39. The molecule has 0 saturated carbocycles. The van der Waals surface area contributed by atoms with E-state index in [1.165, 1.54) is 29.5 Å². The van der Waals surface area contributed by atoms with Crippen LogP contribution < -0.4 is 5.32 Å². The van der Waals surface area contributed by atoms with Gasteiger partial charge < -0.3 is 10.2 Å². The van der Waals surface area contributed by atoms with E-state index in [0.717, 1.165) is 36.7 Å². The Morgan fingerprint density at radius 2 is 2.00 bits per heavy atom. The molecule has 2 aromatic rings. The number of amides is 1. The standard InChI is InChI=1S/C18H22N2OS/c21-18(17-12-14-4-1-2-6-16(14)22-17)20-10-7-13(8-11-20)15-5-3-9-19-15/h1-2,4,6,12-13,15,19H,3,5,7-11H2. The second kappa shape index (κ2) is 6.01. The van der Waals surface area contributed by atoms with Gasteiger partial charge in [0.05, 0.1) is 4.88 Å². The first-order valence-electron chi connectivity index (χ1n) is 8.32. The van der Waals surface area contributed by atoms with Gasteiger partial charge in [-0.2, -0.15) is 0 Å². The number of carbonyl (C=O) groups is 1. The summed E-state index contributed by atoms with van der Waals surface area (Å²) in [4.78, 5) is 15.7. The van der Waals surface area contributed by atoms with Gasteiger partial charge in [0.1, 0.15) is 0 Å². The number of piperidine rings is 1. The van der Waals surface area contributed by atoms with Crippen LogP contribution >= 0.6 is 11.3 Å². The molecule has 0 spiro atoms. The molecule has 2 fully saturated rings. The topological polar surface area (TPSA) is 32.3 Å². The number of thiophene rings is 1. The van der Waals surface area contributed by atoms with E-state index in [-0.39, 0.29) is 5.91 Å². The molecular formula is C18H22N2OS. The fraction of sp³-hybridized carbons (Fsp3) is 0.500. The number of fused-ring (bicyclic) bond motifs is 1. The van der Waals surface area contributed by atoms with E-state index in [4.69, 9.17) is 0 Å². The number of rotatable bonds is 2. The maximum atomic E-state index is 12.7. The van der Waals surface area contributed by atoms with Crippen molar-refractivity contribution in [3.05, 3.63) is 35.2 Å². The lowest BCUT2D eigenvalue weighted by Gasteiger charge is -2.34. The van der Waals surface area contributed by atoms with Crippen LogP contribution in [0, 0.1) is 5.92 Å². The van der Waals surface area contributed by atoms with Crippen molar-refractivity contribution in [1.29, 1.82) is 0 Å². The van der Waals surface area contributed by atoms with Crippen LogP contribution in [0.15, 0.2) is 30.3 Å². The minimum atomic E-state index is 0.221. The molecule has 1 amide bonds. The summed E-state index contributed by atoms with van der Waals surface area (Å²) in [7, 11) is 0. The van der Waals surface area contributed by atoms with Crippen molar-refractivity contribution >= 4 is 27.3 Å². The zero-order valence-electron chi connectivity index (χ0n) is 12.8. The maximum Gasteiger partial charge on any atom is 0.263 e. The van der Waals surface area contributed by atoms with E-state index in [2.05, 4.69) is 22.3 Å². The van der Waals surface area contributed by atoms with Gasteiger partial charge in [0.2, 0.25) is 0 Å². The quantitative estimate of drug-likeness (QED) is 0.920. The molecule has 2 aliphatic rings. The Labute approximate surface area is 135 Å². The molecule has 1 unspecified atom stereocenters. The van der Waals surface area contributed by atoms with Crippen LogP contribution in [0.25, 0.3) is 10.1 Å². The molecule has 1 N–H and O–H groups in total. The molecule has 1 atom stereocenters. The van der Waals surface area contributed by atoms with Crippen molar-refractivity contribution < 1.29 is 4.79 Å². The van der Waals surface area contributed by atoms with E-state index in [1.807, 2.05) is 18.2 Å². The lowest BCUT2D eigenvalue weighted by Crippen LogP contribution is -2.43. The average Bonchev–Trinajstić information content (AvgIpc) is 3.23. The Bertz CT molecular complexity index is 634. The van der Waals surface area contributed by atoms with Gasteiger partial charge in [-0.05, 0) is 55.7 Å². The summed E-state index contributed by atoms with van der Waals surface area (Å²) in [6.45, 7) is 3.00. The fourth-order valence-electron chi connectivity index (χ4n) is 3.86. The third kappa shape index (κ3) is 2.66. The summed E-state index contributed by atoms with van der Waals surface area (Å²) in [6, 6.07) is 11.0. The number of benzene rings is 1. The molecule has 0 radical (unpaired) electrons. The molecule has 3 heterocycles. The van der Waals surface area contributed by atoms with Gasteiger partial charge in [-0.25, -0.2) is 0 Å². The van der Waals surface area contributed by atoms with Gasteiger partial charge in [0.25, 0.3) is 5.91 Å². The molecule has 2 saturated heterocycles. The molecule has 2 aliphatic heterocycles. The zero-order valence-corrected chi connectivity index (χ0v) is 13.6. The Balaban J connectivity index is 1.43. The van der Waals surface area contributed by atoms with Gasteiger partial charge in [-0.3, -0.25) is 4.79 Å². The highest BCUT2D eigenvalue weighted by Crippen LogP contribution is 2.29. The third-order valence-electron chi connectivity index (χ3n) is 5.13. The van der Waals surface area contributed by atoms with Crippen molar-refractivity contribution in [2.24, 2.45) is 5.92 Å². The molecule has 4 heteroatoms. The predicted molar refractivity (Wildman–Crippen MR) is 91.5 cm³/mol. The molecule has 0 aliphatic carbocycles. The molecular weight excluding hydrogens is 292 g/mol. The molecule has 3 nitrogen and oxygen atoms in total. The molecule has 1 aromatic heterocycles. The Morgan fingerprint density at radius 3 is 2.73 bits per heavy atom. The van der Waals surface area contributed by atoms with Gasteiger partial charge >= 0.3 is 0 Å². The number of likely N-dealkylation sites (tertiary alicyclic amines) is 1. The Morgan fingerprint density at radius 1 is 1.18 bits per heavy atom. The largest absolute Gasteiger partial charge is 0.338 e. The summed E-state index contributed by atoms with van der Waals surface area (Å²) in [6.07, 6.45) is 4.92. The summed E-state index contributed by atoms with van der Waals surface area (Å²) in [5.41, 5.74) is 0. The second-order valence-corrected chi connectivity index (χ2v) is 7.56.